The van der Waals surface area contributed by atoms with Crippen molar-refractivity contribution in [2.24, 2.45) is 4.99 Å². The second-order valence-electron chi connectivity index (χ2n) is 3.05. The number of nitrogens with one attached hydrogen (secondary N) is 1. The molecule has 2 rings (SSSR count). The van der Waals surface area contributed by atoms with Gasteiger partial charge in [-0.3, -0.25) is 5.10 Å². The number of nitriles is 1. The van der Waals surface area contributed by atoms with Gasteiger partial charge in [0.05, 0.1) is 6.20 Å². The predicted molar refractivity (Wildman–Crippen MR) is 57.0 cm³/mol. The van der Waals surface area contributed by atoms with Gasteiger partial charge in [-0.1, -0.05) is 12.1 Å². The zero-order valence-electron chi connectivity index (χ0n) is 8.18. The van der Waals surface area contributed by atoms with Crippen LogP contribution in [0.4, 0.5) is 10.2 Å². The second-order valence-corrected chi connectivity index (χ2v) is 3.05. The summed E-state index contributed by atoms with van der Waals surface area (Å²) in [6.45, 7) is 0. The molecule has 5 heteroatoms. The summed E-state index contributed by atoms with van der Waals surface area (Å²) in [7, 11) is 0. The molecule has 0 aliphatic carbocycles. The van der Waals surface area contributed by atoms with E-state index >= 15 is 0 Å². The molecule has 1 heterocycles. The van der Waals surface area contributed by atoms with Gasteiger partial charge < -0.3 is 0 Å². The molecule has 0 fully saturated rings. The van der Waals surface area contributed by atoms with Gasteiger partial charge in [0.25, 0.3) is 0 Å². The van der Waals surface area contributed by atoms with Crippen molar-refractivity contribution in [3.63, 3.8) is 0 Å². The molecule has 1 aromatic carbocycles. The Balaban J connectivity index is 2.22. The van der Waals surface area contributed by atoms with E-state index in [0.29, 0.717) is 11.4 Å². The number of aromatic amines is 1. The molecule has 0 atom stereocenters. The van der Waals surface area contributed by atoms with Gasteiger partial charge in [-0.25, -0.2) is 9.38 Å². The van der Waals surface area contributed by atoms with E-state index in [1.807, 2.05) is 6.07 Å². The van der Waals surface area contributed by atoms with Crippen molar-refractivity contribution < 1.29 is 4.39 Å². The van der Waals surface area contributed by atoms with Gasteiger partial charge >= 0.3 is 0 Å². The maximum absolute atomic E-state index is 12.6. The lowest BCUT2D eigenvalue weighted by molar-refractivity contribution is 0.628. The highest BCUT2D eigenvalue weighted by molar-refractivity contribution is 5.81. The summed E-state index contributed by atoms with van der Waals surface area (Å²) in [5.74, 6) is 0.100. The van der Waals surface area contributed by atoms with Gasteiger partial charge in [0, 0.05) is 6.21 Å². The lowest BCUT2D eigenvalue weighted by Gasteiger charge is -1.92. The summed E-state index contributed by atoms with van der Waals surface area (Å²) in [6.07, 6.45) is 2.94. The molecule has 78 valence electrons. The van der Waals surface area contributed by atoms with Crippen LogP contribution in [0.3, 0.4) is 0 Å². The Morgan fingerprint density at radius 2 is 2.12 bits per heavy atom. The topological polar surface area (TPSA) is 64.8 Å². The average Bonchev–Trinajstić information content (AvgIpc) is 2.76. The van der Waals surface area contributed by atoms with E-state index in [0.717, 1.165) is 5.56 Å². The summed E-state index contributed by atoms with van der Waals surface area (Å²) >= 11 is 0. The van der Waals surface area contributed by atoms with Gasteiger partial charge in [0.2, 0.25) is 0 Å². The van der Waals surface area contributed by atoms with E-state index in [4.69, 9.17) is 5.26 Å². The maximum atomic E-state index is 12.6. The number of halogens is 1. The van der Waals surface area contributed by atoms with Gasteiger partial charge in [0.15, 0.2) is 5.82 Å². The monoisotopic (exact) mass is 214 g/mol. The highest BCUT2D eigenvalue weighted by Crippen LogP contribution is 2.12. The standard InChI is InChI=1S/C11H7FN4/c12-10-3-1-8(2-4-10)6-14-11-9(5-13)7-15-16-11/h1-4,6-7H,(H,15,16)/b14-6+. The molecule has 0 spiro atoms. The SMILES string of the molecule is N#Cc1cn[nH]c1/N=C/c1ccc(F)cc1. The third kappa shape index (κ3) is 2.12. The highest BCUT2D eigenvalue weighted by Gasteiger charge is 2.00. The molecular weight excluding hydrogens is 207 g/mol. The summed E-state index contributed by atoms with van der Waals surface area (Å²) in [6, 6.07) is 7.84. The van der Waals surface area contributed by atoms with E-state index < -0.39 is 0 Å². The predicted octanol–water partition coefficient (Wildman–Crippen LogP) is 2.17. The third-order valence-corrected chi connectivity index (χ3v) is 1.95. The molecule has 0 saturated carbocycles. The van der Waals surface area contributed by atoms with Crippen molar-refractivity contribution in [3.8, 4) is 6.07 Å². The molecule has 0 bridgehead atoms. The van der Waals surface area contributed by atoms with Crippen LogP contribution in [0.2, 0.25) is 0 Å². The summed E-state index contributed by atoms with van der Waals surface area (Å²) in [5.41, 5.74) is 1.12. The van der Waals surface area contributed by atoms with E-state index in [9.17, 15) is 4.39 Å². The molecule has 2 aromatic rings. The highest BCUT2D eigenvalue weighted by atomic mass is 19.1. The molecule has 0 radical (unpaired) electrons. The van der Waals surface area contributed by atoms with Crippen LogP contribution in [0.15, 0.2) is 35.5 Å². The number of benzene rings is 1. The summed E-state index contributed by atoms with van der Waals surface area (Å²) in [5, 5.41) is 15.0. The van der Waals surface area contributed by atoms with Gasteiger partial charge in [-0.2, -0.15) is 10.4 Å². The Kier molecular flexibility index (Phi) is 2.74. The van der Waals surface area contributed by atoms with Crippen LogP contribution >= 0.6 is 0 Å². The minimum absolute atomic E-state index is 0.295. The number of aliphatic imine (C=N–C) groups is 1. The number of H-pyrrole nitrogens is 1. The first-order chi connectivity index (χ1) is 7.79. The van der Waals surface area contributed by atoms with Crippen molar-refractivity contribution in [2.45, 2.75) is 0 Å². The fourth-order valence-corrected chi connectivity index (χ4v) is 1.15. The van der Waals surface area contributed by atoms with Crippen molar-refractivity contribution in [2.75, 3.05) is 0 Å². The van der Waals surface area contributed by atoms with Crippen LogP contribution in [0.5, 0.6) is 0 Å². The smallest absolute Gasteiger partial charge is 0.165 e. The van der Waals surface area contributed by atoms with Crippen molar-refractivity contribution in [1.29, 1.82) is 5.26 Å². The quantitative estimate of drug-likeness (QED) is 0.778. The minimum Gasteiger partial charge on any atom is -0.260 e. The Bertz CT molecular complexity index is 548. The lowest BCUT2D eigenvalue weighted by Crippen LogP contribution is -1.81. The first-order valence-corrected chi connectivity index (χ1v) is 4.52. The molecule has 1 N–H and O–H groups in total. The molecule has 0 amide bonds. The van der Waals surface area contributed by atoms with Gasteiger partial charge in [0.1, 0.15) is 17.4 Å². The zero-order valence-corrected chi connectivity index (χ0v) is 8.18. The first-order valence-electron chi connectivity index (χ1n) is 4.52. The molecule has 16 heavy (non-hydrogen) atoms. The van der Waals surface area contributed by atoms with Gasteiger partial charge in [-0.05, 0) is 17.7 Å². The Morgan fingerprint density at radius 1 is 1.38 bits per heavy atom. The summed E-state index contributed by atoms with van der Waals surface area (Å²) in [4.78, 5) is 4.05. The van der Waals surface area contributed by atoms with E-state index in [1.54, 1.807) is 12.1 Å². The first kappa shape index (κ1) is 10.1. The number of hydrogen-bond acceptors (Lipinski definition) is 3. The number of nitrogens with zero attached hydrogens (tertiary/aromatic N) is 3. The summed E-state index contributed by atoms with van der Waals surface area (Å²) < 4.78 is 12.6. The number of hydrogen-bond donors (Lipinski definition) is 1. The van der Waals surface area contributed by atoms with Crippen LogP contribution in [0, 0.1) is 17.1 Å². The zero-order chi connectivity index (χ0) is 11.4. The molecule has 1 aromatic heterocycles. The van der Waals surface area contributed by atoms with Crippen molar-refractivity contribution in [1.82, 2.24) is 10.2 Å². The average molecular weight is 214 g/mol. The molecule has 4 nitrogen and oxygen atoms in total. The number of aromatic nitrogens is 2. The van der Waals surface area contributed by atoms with E-state index in [-0.39, 0.29) is 5.82 Å². The third-order valence-electron chi connectivity index (χ3n) is 1.95. The lowest BCUT2D eigenvalue weighted by atomic mass is 10.2. The van der Waals surface area contributed by atoms with Crippen LogP contribution in [0.1, 0.15) is 11.1 Å². The van der Waals surface area contributed by atoms with Crippen LogP contribution in [0.25, 0.3) is 0 Å². The molecule has 0 saturated heterocycles. The Labute approximate surface area is 91.1 Å². The molecule has 0 unspecified atom stereocenters. The fraction of sp³-hybridized carbons (Fsp3) is 0. The maximum Gasteiger partial charge on any atom is 0.165 e. The van der Waals surface area contributed by atoms with Crippen molar-refractivity contribution in [3.05, 3.63) is 47.4 Å². The van der Waals surface area contributed by atoms with Crippen LogP contribution < -0.4 is 0 Å². The molecule has 0 aliphatic rings. The normalized spacial score (nSPS) is 10.5. The van der Waals surface area contributed by atoms with Gasteiger partial charge in [-0.15, -0.1) is 0 Å². The van der Waals surface area contributed by atoms with E-state index in [1.165, 1.54) is 24.5 Å². The Morgan fingerprint density at radius 3 is 2.81 bits per heavy atom. The van der Waals surface area contributed by atoms with Crippen LogP contribution in [-0.2, 0) is 0 Å². The largest absolute Gasteiger partial charge is 0.260 e. The number of rotatable bonds is 2. The van der Waals surface area contributed by atoms with Crippen molar-refractivity contribution >= 4 is 12.0 Å². The van der Waals surface area contributed by atoms with E-state index in [2.05, 4.69) is 15.2 Å². The molecule has 0 aliphatic heterocycles. The Hall–Kier alpha value is -2.48. The fourth-order valence-electron chi connectivity index (χ4n) is 1.15. The minimum atomic E-state index is -0.295. The molecular formula is C11H7FN4. The second kappa shape index (κ2) is 4.36. The van der Waals surface area contributed by atoms with Crippen LogP contribution in [-0.4, -0.2) is 16.4 Å².